The molecular formula is C38H44N12O3. The fourth-order valence-corrected chi connectivity index (χ4v) is 7.16. The fourth-order valence-electron chi connectivity index (χ4n) is 7.16. The van der Waals surface area contributed by atoms with Gasteiger partial charge in [-0.3, -0.25) is 34.4 Å². The lowest BCUT2D eigenvalue weighted by Gasteiger charge is -2.13. The van der Waals surface area contributed by atoms with Crippen molar-refractivity contribution in [3.05, 3.63) is 88.5 Å². The SMILES string of the molecule is C=C(N)c1ccc2c(c1)nc1n2CCCCn2c(nc3cc(C(N)=O)ccc32)NC(=O)c2cc(C)nn2CCCCCc2c(C)nn(CC)c2C(=O)N1. The van der Waals surface area contributed by atoms with Gasteiger partial charge in [-0.05, 0) is 94.8 Å². The molecule has 0 unspecified atom stereocenters. The van der Waals surface area contributed by atoms with E-state index in [-0.39, 0.29) is 11.8 Å². The minimum atomic E-state index is -0.560. The van der Waals surface area contributed by atoms with Gasteiger partial charge in [0, 0.05) is 43.0 Å². The van der Waals surface area contributed by atoms with E-state index >= 15 is 0 Å². The van der Waals surface area contributed by atoms with Crippen LogP contribution in [0, 0.1) is 13.8 Å². The zero-order valence-corrected chi connectivity index (χ0v) is 30.3. The molecule has 53 heavy (non-hydrogen) atoms. The molecule has 7 rings (SSSR count). The number of benzene rings is 2. The molecule has 0 atom stereocenters. The average molecular weight is 717 g/mol. The number of hydrogen-bond acceptors (Lipinski definition) is 8. The highest BCUT2D eigenvalue weighted by Gasteiger charge is 2.24. The van der Waals surface area contributed by atoms with Crippen LogP contribution in [0.2, 0.25) is 0 Å². The van der Waals surface area contributed by atoms with Crippen LogP contribution in [-0.4, -0.2) is 56.4 Å². The van der Waals surface area contributed by atoms with Crippen molar-refractivity contribution in [2.24, 2.45) is 11.5 Å². The molecule has 0 aliphatic carbocycles. The minimum Gasteiger partial charge on any atom is -0.399 e. The van der Waals surface area contributed by atoms with Gasteiger partial charge in [-0.15, -0.1) is 0 Å². The van der Waals surface area contributed by atoms with Crippen molar-refractivity contribution in [1.82, 2.24) is 38.7 Å². The van der Waals surface area contributed by atoms with Crippen LogP contribution in [0.25, 0.3) is 27.8 Å². The summed E-state index contributed by atoms with van der Waals surface area (Å²) in [5.41, 5.74) is 19.4. The van der Waals surface area contributed by atoms with Gasteiger partial charge in [0.2, 0.25) is 17.8 Å². The summed E-state index contributed by atoms with van der Waals surface area (Å²) in [5, 5.41) is 15.5. The Bertz CT molecular complexity index is 2410. The van der Waals surface area contributed by atoms with Gasteiger partial charge in [-0.25, -0.2) is 9.97 Å². The second kappa shape index (κ2) is 14.4. The van der Waals surface area contributed by atoms with E-state index in [1.54, 1.807) is 33.6 Å². The maximum atomic E-state index is 14.1. The summed E-state index contributed by atoms with van der Waals surface area (Å²) < 4.78 is 7.45. The number of fused-ring (bicyclic) bond motifs is 8. The van der Waals surface area contributed by atoms with Gasteiger partial charge < -0.3 is 20.6 Å². The lowest BCUT2D eigenvalue weighted by Crippen LogP contribution is -2.21. The Kier molecular flexibility index (Phi) is 9.56. The van der Waals surface area contributed by atoms with Gasteiger partial charge in [0.05, 0.1) is 33.5 Å². The zero-order chi connectivity index (χ0) is 37.4. The number of hydrogen-bond donors (Lipinski definition) is 4. The zero-order valence-electron chi connectivity index (χ0n) is 30.3. The van der Waals surface area contributed by atoms with E-state index in [4.69, 9.17) is 26.5 Å². The lowest BCUT2D eigenvalue weighted by molar-refractivity contribution is 0.0994. The molecule has 2 aromatic carbocycles. The molecule has 0 saturated carbocycles. The third-order valence-corrected chi connectivity index (χ3v) is 9.81. The van der Waals surface area contributed by atoms with Crippen molar-refractivity contribution in [1.29, 1.82) is 0 Å². The molecule has 3 amide bonds. The predicted octanol–water partition coefficient (Wildman–Crippen LogP) is 5.16. The molecule has 15 nitrogen and oxygen atoms in total. The van der Waals surface area contributed by atoms with Crippen LogP contribution in [-0.2, 0) is 32.6 Å². The van der Waals surface area contributed by atoms with Gasteiger partial charge in [-0.1, -0.05) is 19.1 Å². The molecule has 6 aromatic rings. The summed E-state index contributed by atoms with van der Waals surface area (Å²) in [6, 6.07) is 12.6. The lowest BCUT2D eigenvalue weighted by atomic mass is 10.0. The third kappa shape index (κ3) is 6.89. The number of nitrogens with one attached hydrogen (secondary N) is 2. The Morgan fingerprint density at radius 3 is 2.02 bits per heavy atom. The molecule has 6 N–H and O–H groups in total. The van der Waals surface area contributed by atoms with Crippen molar-refractivity contribution < 1.29 is 14.4 Å². The molecule has 0 saturated heterocycles. The maximum Gasteiger partial charge on any atom is 0.276 e. The van der Waals surface area contributed by atoms with E-state index in [9.17, 15) is 14.4 Å². The Balaban J connectivity index is 1.28. The summed E-state index contributed by atoms with van der Waals surface area (Å²) >= 11 is 0. The van der Waals surface area contributed by atoms with E-state index in [2.05, 4.69) is 22.3 Å². The summed E-state index contributed by atoms with van der Waals surface area (Å²) in [4.78, 5) is 49.5. The van der Waals surface area contributed by atoms with E-state index < -0.39 is 5.91 Å². The molecule has 4 aromatic heterocycles. The molecule has 1 aliphatic heterocycles. The van der Waals surface area contributed by atoms with Crippen LogP contribution in [0.1, 0.15) is 92.9 Å². The maximum absolute atomic E-state index is 14.1. The standard InChI is InChI=1S/C38H44N12O3/c1-5-49-33-27(24(4)46-49)11-7-6-8-18-50-32(19-22(2)45-50)35(52)43-37-42-29-21-26(34(40)51)13-15-31(29)47(37)16-9-10-17-48-30-14-12-25(23(3)39)20-28(30)41-38(48)44-36(33)53/h12-15,19-21H,3,5-11,16-18,39H2,1-2,4H3,(H2,40,51)(H,41,44,53)(H,42,43,52). The smallest absolute Gasteiger partial charge is 0.276 e. The first-order valence-corrected chi connectivity index (χ1v) is 18.0. The highest BCUT2D eigenvalue weighted by Crippen LogP contribution is 2.27. The first kappa shape index (κ1) is 35.2. The highest BCUT2D eigenvalue weighted by molar-refractivity contribution is 6.05. The largest absolute Gasteiger partial charge is 0.399 e. The highest BCUT2D eigenvalue weighted by atomic mass is 16.2. The molecule has 274 valence electrons. The summed E-state index contributed by atoms with van der Waals surface area (Å²) in [6.45, 7) is 11.8. The molecule has 0 fully saturated rings. The molecule has 0 spiro atoms. The van der Waals surface area contributed by atoms with Gasteiger partial charge >= 0.3 is 0 Å². The number of aryl methyl sites for hydroxylation is 6. The van der Waals surface area contributed by atoms with E-state index in [1.165, 1.54) is 0 Å². The minimum absolute atomic E-state index is 0.264. The number of anilines is 2. The van der Waals surface area contributed by atoms with Crippen LogP contribution in [0.3, 0.4) is 0 Å². The number of amides is 3. The van der Waals surface area contributed by atoms with Crippen molar-refractivity contribution in [3.8, 4) is 0 Å². The Labute approximate surface area is 306 Å². The second-order valence-corrected chi connectivity index (χ2v) is 13.5. The molecule has 0 bridgehead atoms. The summed E-state index contributed by atoms with van der Waals surface area (Å²) in [5.74, 6) is -0.368. The van der Waals surface area contributed by atoms with Gasteiger partial charge in [0.25, 0.3) is 11.8 Å². The van der Waals surface area contributed by atoms with Crippen molar-refractivity contribution in [3.63, 3.8) is 0 Å². The monoisotopic (exact) mass is 716 g/mol. The third-order valence-electron chi connectivity index (χ3n) is 9.81. The van der Waals surface area contributed by atoms with Gasteiger partial charge in [-0.2, -0.15) is 10.2 Å². The first-order valence-electron chi connectivity index (χ1n) is 18.0. The van der Waals surface area contributed by atoms with Crippen molar-refractivity contribution in [2.75, 3.05) is 10.6 Å². The van der Waals surface area contributed by atoms with E-state index in [0.717, 1.165) is 52.8 Å². The molecule has 15 heteroatoms. The Hall–Kier alpha value is -6.25. The number of nitrogens with zero attached hydrogens (tertiary/aromatic N) is 8. The number of nitrogens with two attached hydrogens (primary N) is 2. The molecule has 5 heterocycles. The van der Waals surface area contributed by atoms with E-state index in [0.29, 0.717) is 91.0 Å². The Morgan fingerprint density at radius 1 is 0.792 bits per heavy atom. The number of carbonyl (C=O) groups is 3. The summed E-state index contributed by atoms with van der Waals surface area (Å²) in [6.07, 6.45) is 4.49. The number of primary amides is 1. The van der Waals surface area contributed by atoms with Crippen LogP contribution < -0.4 is 22.1 Å². The number of imidazole rings is 2. The summed E-state index contributed by atoms with van der Waals surface area (Å²) in [7, 11) is 0. The normalized spacial score (nSPS) is 14.8. The second-order valence-electron chi connectivity index (χ2n) is 13.5. The van der Waals surface area contributed by atoms with Crippen LogP contribution in [0.15, 0.2) is 49.0 Å². The number of rotatable bonds is 3. The predicted molar refractivity (Wildman–Crippen MR) is 204 cm³/mol. The topological polar surface area (TPSA) is 199 Å². The van der Waals surface area contributed by atoms with Gasteiger partial charge in [0.1, 0.15) is 11.4 Å². The number of aromatic nitrogens is 8. The van der Waals surface area contributed by atoms with Crippen LogP contribution >= 0.6 is 0 Å². The van der Waals surface area contributed by atoms with E-state index in [1.807, 2.05) is 48.1 Å². The van der Waals surface area contributed by atoms with Crippen LogP contribution in [0.4, 0.5) is 11.9 Å². The Morgan fingerprint density at radius 2 is 1.40 bits per heavy atom. The van der Waals surface area contributed by atoms with Crippen molar-refractivity contribution in [2.45, 2.75) is 85.5 Å². The quantitative estimate of drug-likeness (QED) is 0.193. The molecule has 1 aliphatic rings. The molecule has 0 radical (unpaired) electrons. The number of carbonyl (C=O) groups excluding carboxylic acids is 3. The van der Waals surface area contributed by atoms with Gasteiger partial charge in [0.15, 0.2) is 0 Å². The fraction of sp³-hybridized carbons (Fsp3) is 0.342. The molecular weight excluding hydrogens is 672 g/mol. The average Bonchev–Trinajstić information content (AvgIpc) is 3.86. The van der Waals surface area contributed by atoms with Crippen molar-refractivity contribution >= 4 is 57.4 Å². The first-order chi connectivity index (χ1) is 25.5. The van der Waals surface area contributed by atoms with Crippen LogP contribution in [0.5, 0.6) is 0 Å².